The van der Waals surface area contributed by atoms with Crippen LogP contribution in [0.25, 0.3) is 0 Å². The van der Waals surface area contributed by atoms with E-state index in [1.807, 2.05) is 0 Å². The lowest BCUT2D eigenvalue weighted by atomic mass is 10.1. The lowest BCUT2D eigenvalue weighted by Gasteiger charge is -2.20. The van der Waals surface area contributed by atoms with E-state index < -0.39 is 0 Å². The van der Waals surface area contributed by atoms with Gasteiger partial charge in [-0.1, -0.05) is 6.08 Å². The van der Waals surface area contributed by atoms with Crippen molar-refractivity contribution in [3.63, 3.8) is 0 Å². The highest BCUT2D eigenvalue weighted by atomic mass is 16.5. The van der Waals surface area contributed by atoms with Crippen molar-refractivity contribution >= 4 is 5.91 Å². The summed E-state index contributed by atoms with van der Waals surface area (Å²) in [6.07, 6.45) is 8.92. The van der Waals surface area contributed by atoms with Crippen LogP contribution in [0.3, 0.4) is 0 Å². The molecule has 2 atom stereocenters. The molecule has 0 aromatic heterocycles. The molecule has 0 bridgehead atoms. The minimum atomic E-state index is 0.266. The van der Waals surface area contributed by atoms with Crippen molar-refractivity contribution in [2.75, 3.05) is 32.8 Å². The molecule has 0 spiro atoms. The van der Waals surface area contributed by atoms with Crippen LogP contribution in [0.2, 0.25) is 0 Å². The first kappa shape index (κ1) is 14.1. The number of amides is 1. The van der Waals surface area contributed by atoms with Crippen molar-refractivity contribution in [1.29, 1.82) is 0 Å². The van der Waals surface area contributed by atoms with Crippen LogP contribution < -0.4 is 5.32 Å². The number of nitrogens with zero attached hydrogens (tertiary/aromatic N) is 1. The quantitative estimate of drug-likeness (QED) is 0.796. The normalized spacial score (nSPS) is 30.6. The molecule has 4 nitrogen and oxygen atoms in total. The van der Waals surface area contributed by atoms with E-state index in [1.165, 1.54) is 18.4 Å². The standard InChI is InChI=1S/C16H26N2O2/c19-16(18-7-1-2-8-18)14-5-6-15(10-14)17-11-13-4-3-9-20-12-13/h4,14-15,17H,1-3,5-12H2/t14-,15+/m1/s1. The molecule has 1 saturated carbocycles. The molecule has 2 aliphatic heterocycles. The van der Waals surface area contributed by atoms with E-state index in [0.717, 1.165) is 58.5 Å². The second-order valence-electron chi connectivity index (χ2n) is 6.32. The Morgan fingerprint density at radius 3 is 2.95 bits per heavy atom. The summed E-state index contributed by atoms with van der Waals surface area (Å²) in [7, 11) is 0. The van der Waals surface area contributed by atoms with Crippen LogP contribution in [0.4, 0.5) is 0 Å². The maximum atomic E-state index is 12.4. The van der Waals surface area contributed by atoms with Crippen LogP contribution >= 0.6 is 0 Å². The van der Waals surface area contributed by atoms with Crippen LogP contribution in [0, 0.1) is 5.92 Å². The van der Waals surface area contributed by atoms with Gasteiger partial charge in [-0.25, -0.2) is 0 Å². The molecule has 112 valence electrons. The van der Waals surface area contributed by atoms with E-state index in [1.54, 1.807) is 0 Å². The molecule has 3 rings (SSSR count). The summed E-state index contributed by atoms with van der Waals surface area (Å²) in [4.78, 5) is 14.4. The molecule has 1 N–H and O–H groups in total. The van der Waals surface area contributed by atoms with Gasteiger partial charge in [0.05, 0.1) is 13.2 Å². The molecule has 1 saturated heterocycles. The monoisotopic (exact) mass is 278 g/mol. The first-order valence-corrected chi connectivity index (χ1v) is 8.11. The van der Waals surface area contributed by atoms with Crippen molar-refractivity contribution < 1.29 is 9.53 Å². The van der Waals surface area contributed by atoms with Gasteiger partial charge in [-0.3, -0.25) is 4.79 Å². The Morgan fingerprint density at radius 1 is 1.35 bits per heavy atom. The van der Waals surface area contributed by atoms with Crippen molar-refractivity contribution in [3.05, 3.63) is 11.6 Å². The summed E-state index contributed by atoms with van der Waals surface area (Å²) in [6, 6.07) is 0.509. The van der Waals surface area contributed by atoms with Gasteiger partial charge in [-0.2, -0.15) is 0 Å². The molecular formula is C16H26N2O2. The van der Waals surface area contributed by atoms with Gasteiger partial charge >= 0.3 is 0 Å². The summed E-state index contributed by atoms with van der Waals surface area (Å²) >= 11 is 0. The van der Waals surface area contributed by atoms with Gasteiger partial charge in [0, 0.05) is 31.6 Å². The molecule has 4 heteroatoms. The minimum Gasteiger partial charge on any atom is -0.377 e. The summed E-state index contributed by atoms with van der Waals surface area (Å²) in [5, 5.41) is 3.61. The Labute approximate surface area is 121 Å². The SMILES string of the molecule is O=C([C@@H]1CC[C@H](NCC2=CCCOC2)C1)N1CCCC1. The molecule has 2 heterocycles. The second-order valence-corrected chi connectivity index (χ2v) is 6.32. The van der Waals surface area contributed by atoms with E-state index >= 15 is 0 Å². The van der Waals surface area contributed by atoms with Crippen LogP contribution in [0.15, 0.2) is 11.6 Å². The van der Waals surface area contributed by atoms with Gasteiger partial charge in [0.1, 0.15) is 0 Å². The van der Waals surface area contributed by atoms with Gasteiger partial charge in [0.2, 0.25) is 5.91 Å². The lowest BCUT2D eigenvalue weighted by Crippen LogP contribution is -2.34. The second kappa shape index (κ2) is 6.72. The molecule has 0 aromatic rings. The summed E-state index contributed by atoms with van der Waals surface area (Å²) in [5.41, 5.74) is 1.37. The van der Waals surface area contributed by atoms with Gasteiger partial charge in [-0.15, -0.1) is 0 Å². The highest BCUT2D eigenvalue weighted by molar-refractivity contribution is 5.79. The van der Waals surface area contributed by atoms with Gasteiger partial charge in [0.25, 0.3) is 0 Å². The van der Waals surface area contributed by atoms with Crippen molar-refractivity contribution in [2.45, 2.75) is 44.6 Å². The topological polar surface area (TPSA) is 41.6 Å². The lowest BCUT2D eigenvalue weighted by molar-refractivity contribution is -0.134. The molecule has 20 heavy (non-hydrogen) atoms. The summed E-state index contributed by atoms with van der Waals surface area (Å²) < 4.78 is 5.46. The Kier molecular flexibility index (Phi) is 4.73. The Bertz CT molecular complexity index is 375. The van der Waals surface area contributed by atoms with Crippen LogP contribution in [-0.4, -0.2) is 49.7 Å². The predicted molar refractivity (Wildman–Crippen MR) is 78.5 cm³/mol. The number of nitrogens with one attached hydrogen (secondary N) is 1. The highest BCUT2D eigenvalue weighted by Crippen LogP contribution is 2.28. The molecule has 1 aliphatic carbocycles. The Hall–Kier alpha value is -0.870. The first-order valence-electron chi connectivity index (χ1n) is 8.11. The fourth-order valence-corrected chi connectivity index (χ4v) is 3.59. The van der Waals surface area contributed by atoms with E-state index in [2.05, 4.69) is 16.3 Å². The molecule has 0 aromatic carbocycles. The number of carbonyl (C=O) groups is 1. The van der Waals surface area contributed by atoms with E-state index in [-0.39, 0.29) is 5.92 Å². The van der Waals surface area contributed by atoms with E-state index in [4.69, 9.17) is 4.74 Å². The average molecular weight is 278 g/mol. The molecule has 0 unspecified atom stereocenters. The Balaban J connectivity index is 1.42. The summed E-state index contributed by atoms with van der Waals surface area (Å²) in [5.74, 6) is 0.675. The number of rotatable bonds is 4. The zero-order chi connectivity index (χ0) is 13.8. The van der Waals surface area contributed by atoms with Crippen LogP contribution in [0.1, 0.15) is 38.5 Å². The number of hydrogen-bond acceptors (Lipinski definition) is 3. The average Bonchev–Trinajstić information content (AvgIpc) is 3.17. The van der Waals surface area contributed by atoms with Crippen LogP contribution in [-0.2, 0) is 9.53 Å². The third-order valence-electron chi connectivity index (χ3n) is 4.80. The fourth-order valence-electron chi connectivity index (χ4n) is 3.59. The molecule has 1 amide bonds. The van der Waals surface area contributed by atoms with E-state index in [9.17, 15) is 4.79 Å². The molecule has 3 aliphatic rings. The third-order valence-corrected chi connectivity index (χ3v) is 4.80. The maximum Gasteiger partial charge on any atom is 0.225 e. The number of likely N-dealkylation sites (tertiary alicyclic amines) is 1. The first-order chi connectivity index (χ1) is 9.83. The largest absolute Gasteiger partial charge is 0.377 e. The predicted octanol–water partition coefficient (Wildman–Crippen LogP) is 1.71. The smallest absolute Gasteiger partial charge is 0.225 e. The molecular weight excluding hydrogens is 252 g/mol. The van der Waals surface area contributed by atoms with E-state index in [0.29, 0.717) is 11.9 Å². The van der Waals surface area contributed by atoms with Gasteiger partial charge < -0.3 is 15.0 Å². The molecule has 2 fully saturated rings. The fraction of sp³-hybridized carbons (Fsp3) is 0.812. The third kappa shape index (κ3) is 3.41. The highest BCUT2D eigenvalue weighted by Gasteiger charge is 2.33. The zero-order valence-corrected chi connectivity index (χ0v) is 12.3. The van der Waals surface area contributed by atoms with Crippen molar-refractivity contribution in [1.82, 2.24) is 10.2 Å². The maximum absolute atomic E-state index is 12.4. The van der Waals surface area contributed by atoms with Gasteiger partial charge in [0.15, 0.2) is 0 Å². The number of carbonyl (C=O) groups excluding carboxylic acids is 1. The number of hydrogen-bond donors (Lipinski definition) is 1. The van der Waals surface area contributed by atoms with Crippen molar-refractivity contribution in [3.8, 4) is 0 Å². The summed E-state index contributed by atoms with van der Waals surface area (Å²) in [6.45, 7) is 4.53. The Morgan fingerprint density at radius 2 is 2.20 bits per heavy atom. The zero-order valence-electron chi connectivity index (χ0n) is 12.3. The minimum absolute atomic E-state index is 0.266. The molecule has 0 radical (unpaired) electrons. The van der Waals surface area contributed by atoms with Crippen molar-refractivity contribution in [2.24, 2.45) is 5.92 Å². The van der Waals surface area contributed by atoms with Crippen LogP contribution in [0.5, 0.6) is 0 Å². The van der Waals surface area contributed by atoms with Gasteiger partial charge in [-0.05, 0) is 44.1 Å². The number of ether oxygens (including phenoxy) is 1.